The molecule has 1 aromatic rings. The molecule has 3 nitrogen and oxygen atoms in total. The van der Waals surface area contributed by atoms with E-state index >= 15 is 0 Å². The maximum atomic E-state index is 11.8. The molecule has 0 unspecified atom stereocenters. The minimum absolute atomic E-state index is 0.106. The fraction of sp³-hybridized carbons (Fsp3) is 0.500. The molecule has 0 spiro atoms. The summed E-state index contributed by atoms with van der Waals surface area (Å²) in [4.78, 5) is 13.5. The van der Waals surface area contributed by atoms with E-state index in [4.69, 9.17) is 16.0 Å². The lowest BCUT2D eigenvalue weighted by Gasteiger charge is -2.24. The van der Waals surface area contributed by atoms with Gasteiger partial charge in [-0.3, -0.25) is 4.79 Å². The highest BCUT2D eigenvalue weighted by molar-refractivity contribution is 6.18. The quantitative estimate of drug-likeness (QED) is 0.723. The van der Waals surface area contributed by atoms with Crippen molar-refractivity contribution in [3.8, 4) is 0 Å². The molecule has 0 saturated heterocycles. The summed E-state index contributed by atoms with van der Waals surface area (Å²) in [5.74, 6) is 0.694. The van der Waals surface area contributed by atoms with Crippen molar-refractivity contribution in [2.24, 2.45) is 0 Å². The zero-order valence-electron chi connectivity index (χ0n) is 8.37. The van der Waals surface area contributed by atoms with Crippen LogP contribution in [-0.4, -0.2) is 29.3 Å². The first-order chi connectivity index (χ1) is 6.66. The van der Waals surface area contributed by atoms with E-state index in [9.17, 15) is 4.79 Å². The molecule has 0 bridgehead atoms. The number of halogens is 1. The Morgan fingerprint density at radius 2 is 2.36 bits per heavy atom. The van der Waals surface area contributed by atoms with Crippen LogP contribution < -0.4 is 0 Å². The molecule has 0 saturated carbocycles. The van der Waals surface area contributed by atoms with Gasteiger partial charge in [0.2, 0.25) is 0 Å². The molecular formula is C10H14ClNO2. The Bertz CT molecular complexity index is 282. The molecule has 1 heterocycles. The first-order valence-electron chi connectivity index (χ1n) is 4.57. The van der Waals surface area contributed by atoms with Gasteiger partial charge in [-0.15, -0.1) is 11.6 Å². The molecule has 1 rings (SSSR count). The largest absolute Gasteiger partial charge is 0.459 e. The van der Waals surface area contributed by atoms with Crippen LogP contribution in [-0.2, 0) is 0 Å². The van der Waals surface area contributed by atoms with E-state index < -0.39 is 0 Å². The van der Waals surface area contributed by atoms with Gasteiger partial charge >= 0.3 is 0 Å². The van der Waals surface area contributed by atoms with Crippen molar-refractivity contribution in [3.05, 3.63) is 24.2 Å². The standard InChI is InChI=1S/C10H14ClNO2/c1-8(2)12(6-5-11)10(13)9-4-3-7-14-9/h3-4,7-8H,5-6H2,1-2H3. The lowest BCUT2D eigenvalue weighted by atomic mass is 10.3. The summed E-state index contributed by atoms with van der Waals surface area (Å²) in [7, 11) is 0. The number of furan rings is 1. The number of rotatable bonds is 4. The fourth-order valence-electron chi connectivity index (χ4n) is 1.23. The van der Waals surface area contributed by atoms with Crippen molar-refractivity contribution >= 4 is 17.5 Å². The van der Waals surface area contributed by atoms with E-state index in [-0.39, 0.29) is 11.9 Å². The van der Waals surface area contributed by atoms with Gasteiger partial charge in [0.25, 0.3) is 5.91 Å². The average molecular weight is 216 g/mol. The molecule has 1 aromatic heterocycles. The van der Waals surface area contributed by atoms with Crippen molar-refractivity contribution in [1.29, 1.82) is 0 Å². The van der Waals surface area contributed by atoms with Gasteiger partial charge in [0, 0.05) is 18.5 Å². The van der Waals surface area contributed by atoms with Crippen LogP contribution in [0.1, 0.15) is 24.4 Å². The first kappa shape index (κ1) is 11.1. The van der Waals surface area contributed by atoms with E-state index in [1.807, 2.05) is 13.8 Å². The smallest absolute Gasteiger partial charge is 0.289 e. The summed E-state index contributed by atoms with van der Waals surface area (Å²) in [6.45, 7) is 4.44. The molecule has 0 radical (unpaired) electrons. The second-order valence-electron chi connectivity index (χ2n) is 3.26. The maximum absolute atomic E-state index is 11.8. The fourth-order valence-corrected chi connectivity index (χ4v) is 1.41. The first-order valence-corrected chi connectivity index (χ1v) is 5.10. The average Bonchev–Trinajstić information content (AvgIpc) is 2.65. The van der Waals surface area contributed by atoms with Crippen LogP contribution in [0.15, 0.2) is 22.8 Å². The Labute approximate surface area is 88.6 Å². The molecule has 0 aliphatic rings. The van der Waals surface area contributed by atoms with Gasteiger partial charge in [0.15, 0.2) is 5.76 Å². The van der Waals surface area contributed by atoms with Gasteiger partial charge in [-0.1, -0.05) is 0 Å². The molecule has 78 valence electrons. The second-order valence-corrected chi connectivity index (χ2v) is 3.64. The number of hydrogen-bond donors (Lipinski definition) is 0. The zero-order chi connectivity index (χ0) is 10.6. The summed E-state index contributed by atoms with van der Waals surface area (Å²) in [5.41, 5.74) is 0. The van der Waals surface area contributed by atoms with E-state index in [0.29, 0.717) is 18.2 Å². The Morgan fingerprint density at radius 3 is 2.79 bits per heavy atom. The van der Waals surface area contributed by atoms with E-state index in [2.05, 4.69) is 0 Å². The monoisotopic (exact) mass is 215 g/mol. The maximum Gasteiger partial charge on any atom is 0.289 e. The van der Waals surface area contributed by atoms with Gasteiger partial charge in [-0.05, 0) is 26.0 Å². The lowest BCUT2D eigenvalue weighted by molar-refractivity contribution is 0.0686. The van der Waals surface area contributed by atoms with Crippen LogP contribution in [0.5, 0.6) is 0 Å². The van der Waals surface area contributed by atoms with E-state index in [1.165, 1.54) is 6.26 Å². The highest BCUT2D eigenvalue weighted by Gasteiger charge is 2.19. The third kappa shape index (κ3) is 2.51. The van der Waals surface area contributed by atoms with Crippen LogP contribution in [0.25, 0.3) is 0 Å². The molecule has 0 fully saturated rings. The van der Waals surface area contributed by atoms with Crippen molar-refractivity contribution in [2.45, 2.75) is 19.9 Å². The van der Waals surface area contributed by atoms with Crippen LogP contribution in [0.3, 0.4) is 0 Å². The summed E-state index contributed by atoms with van der Waals surface area (Å²) in [5, 5.41) is 0. The van der Waals surface area contributed by atoms with Crippen molar-refractivity contribution in [3.63, 3.8) is 0 Å². The Kier molecular flexibility index (Phi) is 4.01. The number of amides is 1. The third-order valence-electron chi connectivity index (χ3n) is 1.94. The lowest BCUT2D eigenvalue weighted by Crippen LogP contribution is -2.38. The molecule has 14 heavy (non-hydrogen) atoms. The Hall–Kier alpha value is -0.960. The molecular weight excluding hydrogens is 202 g/mol. The Morgan fingerprint density at radius 1 is 1.64 bits per heavy atom. The van der Waals surface area contributed by atoms with Crippen molar-refractivity contribution in [1.82, 2.24) is 4.90 Å². The highest BCUT2D eigenvalue weighted by Crippen LogP contribution is 2.08. The summed E-state index contributed by atoms with van der Waals surface area (Å²) in [6, 6.07) is 3.49. The molecule has 0 aromatic carbocycles. The second kappa shape index (κ2) is 5.05. The Balaban J connectivity index is 2.74. The number of alkyl halides is 1. The number of carbonyl (C=O) groups is 1. The van der Waals surface area contributed by atoms with Gasteiger partial charge in [0.1, 0.15) is 0 Å². The number of hydrogen-bond acceptors (Lipinski definition) is 2. The SMILES string of the molecule is CC(C)N(CCCl)C(=O)c1ccco1. The van der Waals surface area contributed by atoms with E-state index in [1.54, 1.807) is 17.0 Å². The number of carbonyl (C=O) groups excluding carboxylic acids is 1. The molecule has 0 aliphatic heterocycles. The normalized spacial score (nSPS) is 10.6. The van der Waals surface area contributed by atoms with Crippen LogP contribution >= 0.6 is 11.6 Å². The van der Waals surface area contributed by atoms with Gasteiger partial charge < -0.3 is 9.32 Å². The molecule has 0 aliphatic carbocycles. The minimum Gasteiger partial charge on any atom is -0.459 e. The predicted octanol–water partition coefficient (Wildman–Crippen LogP) is 2.37. The van der Waals surface area contributed by atoms with Gasteiger partial charge in [0.05, 0.1) is 6.26 Å². The highest BCUT2D eigenvalue weighted by atomic mass is 35.5. The van der Waals surface area contributed by atoms with Crippen LogP contribution in [0, 0.1) is 0 Å². The van der Waals surface area contributed by atoms with Gasteiger partial charge in [-0.25, -0.2) is 0 Å². The molecule has 0 N–H and O–H groups in total. The minimum atomic E-state index is -0.106. The van der Waals surface area contributed by atoms with Crippen molar-refractivity contribution < 1.29 is 9.21 Å². The number of nitrogens with zero attached hydrogens (tertiary/aromatic N) is 1. The molecule has 4 heteroatoms. The summed E-state index contributed by atoms with van der Waals surface area (Å²) < 4.78 is 5.04. The van der Waals surface area contributed by atoms with E-state index in [0.717, 1.165) is 0 Å². The summed E-state index contributed by atoms with van der Waals surface area (Å²) >= 11 is 5.62. The predicted molar refractivity (Wildman–Crippen MR) is 55.6 cm³/mol. The topological polar surface area (TPSA) is 33.5 Å². The molecule has 1 amide bonds. The van der Waals surface area contributed by atoms with Gasteiger partial charge in [-0.2, -0.15) is 0 Å². The third-order valence-corrected chi connectivity index (χ3v) is 2.11. The molecule has 0 atom stereocenters. The zero-order valence-corrected chi connectivity index (χ0v) is 9.12. The van der Waals surface area contributed by atoms with Crippen LogP contribution in [0.2, 0.25) is 0 Å². The van der Waals surface area contributed by atoms with Crippen LogP contribution in [0.4, 0.5) is 0 Å². The summed E-state index contributed by atoms with van der Waals surface area (Å²) in [6.07, 6.45) is 1.49. The van der Waals surface area contributed by atoms with Crippen molar-refractivity contribution in [2.75, 3.05) is 12.4 Å².